The van der Waals surface area contributed by atoms with Crippen LogP contribution in [0.4, 0.5) is 5.69 Å². The number of aromatic nitrogens is 2. The van der Waals surface area contributed by atoms with Gasteiger partial charge < -0.3 is 30.1 Å². The van der Waals surface area contributed by atoms with Crippen LogP contribution in [0, 0.1) is 5.92 Å². The number of carbonyl (C=O) groups excluding carboxylic acids is 1. The zero-order valence-electron chi connectivity index (χ0n) is 28.4. The topological polar surface area (TPSA) is 117 Å². The molecular formula is C38H43Cl3N6O4. The first-order chi connectivity index (χ1) is 24.7. The van der Waals surface area contributed by atoms with Gasteiger partial charge in [0.2, 0.25) is 5.91 Å². The summed E-state index contributed by atoms with van der Waals surface area (Å²) in [6, 6.07) is 21.3. The summed E-state index contributed by atoms with van der Waals surface area (Å²) in [5, 5.41) is 20.0. The lowest BCUT2D eigenvalue weighted by molar-refractivity contribution is -0.123. The molecule has 3 N–H and O–H groups in total. The highest BCUT2D eigenvalue weighted by atomic mass is 35.5. The summed E-state index contributed by atoms with van der Waals surface area (Å²) in [4.78, 5) is 18.5. The van der Waals surface area contributed by atoms with Gasteiger partial charge in [0.25, 0.3) is 5.88 Å². The van der Waals surface area contributed by atoms with Gasteiger partial charge >= 0.3 is 0 Å². The molecule has 2 saturated heterocycles. The molecule has 0 atom stereocenters. The number of likely N-dealkylation sites (tertiary alicyclic amines) is 1. The number of halogens is 3. The molecule has 0 unspecified atom stereocenters. The molecule has 2 fully saturated rings. The van der Waals surface area contributed by atoms with Crippen LogP contribution in [0.2, 0.25) is 15.1 Å². The molecule has 0 spiro atoms. The number of aromatic hydroxyl groups is 1. The smallest absolute Gasteiger partial charge is 0.257 e. The average Bonchev–Trinajstić information content (AvgIpc) is 3.14. The Labute approximate surface area is 314 Å². The summed E-state index contributed by atoms with van der Waals surface area (Å²) in [5.41, 5.74) is 9.86. The van der Waals surface area contributed by atoms with Crippen molar-refractivity contribution in [2.75, 3.05) is 63.9 Å². The van der Waals surface area contributed by atoms with Crippen LogP contribution in [-0.4, -0.2) is 90.0 Å². The molecule has 2 aliphatic rings. The summed E-state index contributed by atoms with van der Waals surface area (Å²) >= 11 is 18.5. The fourth-order valence-corrected chi connectivity index (χ4v) is 7.10. The van der Waals surface area contributed by atoms with Gasteiger partial charge in [0.1, 0.15) is 11.4 Å². The van der Waals surface area contributed by atoms with E-state index in [0.717, 1.165) is 88.6 Å². The summed E-state index contributed by atoms with van der Waals surface area (Å²) in [6.45, 7) is 7.98. The average molecular weight is 754 g/mol. The van der Waals surface area contributed by atoms with Crippen LogP contribution in [0.25, 0.3) is 11.3 Å². The molecule has 2 aliphatic heterocycles. The van der Waals surface area contributed by atoms with Crippen molar-refractivity contribution in [1.82, 2.24) is 20.0 Å². The van der Waals surface area contributed by atoms with E-state index in [2.05, 4.69) is 37.0 Å². The number of phenolic OH excluding ortho intramolecular Hbond substituents is 1. The molecule has 13 heteroatoms. The molecular weight excluding hydrogens is 711 g/mol. The van der Waals surface area contributed by atoms with Crippen LogP contribution < -0.4 is 20.1 Å². The van der Waals surface area contributed by atoms with Gasteiger partial charge in [-0.2, -0.15) is 0 Å². The largest absolute Gasteiger partial charge is 0.505 e. The van der Waals surface area contributed by atoms with E-state index in [1.807, 2.05) is 42.5 Å². The Balaban J connectivity index is 1.02. The van der Waals surface area contributed by atoms with Gasteiger partial charge in [-0.15, -0.1) is 10.2 Å². The first-order valence-electron chi connectivity index (χ1n) is 17.4. The number of carbonyl (C=O) groups is 1. The predicted molar refractivity (Wildman–Crippen MR) is 202 cm³/mol. The number of rotatable bonds is 14. The van der Waals surface area contributed by atoms with Crippen molar-refractivity contribution < 1.29 is 19.4 Å². The SMILES string of the molecule is NC(=O)C1CCN(CCCOc2ccc(CN3CCN(c4cc(-c5cc(Cl)c(O)c(Cl)c5)nnc4OCCc4ccc(Cl)cc4)CC3)cc2)CC1. The van der Waals surface area contributed by atoms with Gasteiger partial charge in [-0.05, 0) is 85.9 Å². The second-order valence-corrected chi connectivity index (χ2v) is 14.3. The summed E-state index contributed by atoms with van der Waals surface area (Å²) < 4.78 is 12.2. The number of benzene rings is 3. The predicted octanol–water partition coefficient (Wildman–Crippen LogP) is 6.72. The van der Waals surface area contributed by atoms with E-state index in [-0.39, 0.29) is 27.6 Å². The fraction of sp³-hybridized carbons (Fsp3) is 0.395. The zero-order chi connectivity index (χ0) is 35.7. The minimum Gasteiger partial charge on any atom is -0.505 e. The van der Waals surface area contributed by atoms with Crippen LogP contribution in [0.5, 0.6) is 17.4 Å². The Hall–Kier alpha value is -3.80. The summed E-state index contributed by atoms with van der Waals surface area (Å²) in [6.07, 6.45) is 3.33. The van der Waals surface area contributed by atoms with Gasteiger partial charge in [0.15, 0.2) is 5.75 Å². The number of amides is 1. The number of nitrogens with zero attached hydrogens (tertiary/aromatic N) is 5. The lowest BCUT2D eigenvalue weighted by Gasteiger charge is -2.36. The van der Waals surface area contributed by atoms with Crippen LogP contribution in [0.3, 0.4) is 0 Å². The summed E-state index contributed by atoms with van der Waals surface area (Å²) in [5.74, 6) is 1.01. The second kappa shape index (κ2) is 17.6. The van der Waals surface area contributed by atoms with Gasteiger partial charge in [-0.25, -0.2) is 0 Å². The van der Waals surface area contributed by atoms with E-state index in [1.54, 1.807) is 12.1 Å². The monoisotopic (exact) mass is 752 g/mol. The minimum atomic E-state index is -0.174. The third-order valence-corrected chi connectivity index (χ3v) is 10.3. The molecule has 3 aromatic carbocycles. The molecule has 6 rings (SSSR count). The Morgan fingerprint density at radius 1 is 0.804 bits per heavy atom. The van der Waals surface area contributed by atoms with Gasteiger partial charge in [-0.1, -0.05) is 59.1 Å². The molecule has 0 radical (unpaired) electrons. The maximum atomic E-state index is 11.4. The van der Waals surface area contributed by atoms with E-state index < -0.39 is 0 Å². The van der Waals surface area contributed by atoms with E-state index in [9.17, 15) is 9.90 Å². The third kappa shape index (κ3) is 10.2. The number of anilines is 1. The first-order valence-corrected chi connectivity index (χ1v) is 18.5. The second-order valence-electron chi connectivity index (χ2n) is 13.1. The highest BCUT2D eigenvalue weighted by Gasteiger charge is 2.24. The molecule has 10 nitrogen and oxygen atoms in total. The molecule has 51 heavy (non-hydrogen) atoms. The standard InChI is InChI=1S/C38H43Cl3N6O4/c39-30-6-2-26(3-7-30)12-21-51-38-35(24-34(43-44-38)29-22-32(40)36(48)33(41)23-29)47-18-16-46(17-19-47)25-27-4-8-31(9-5-27)50-20-1-13-45-14-10-28(11-15-45)37(42)49/h2-9,22-24,28,48H,1,10-21,25H2,(H2,42,49). The van der Waals surface area contributed by atoms with E-state index in [4.69, 9.17) is 50.0 Å². The maximum absolute atomic E-state index is 11.4. The number of phenols is 1. The third-order valence-electron chi connectivity index (χ3n) is 9.52. The number of hydrogen-bond acceptors (Lipinski definition) is 9. The quantitative estimate of drug-likeness (QED) is 0.136. The maximum Gasteiger partial charge on any atom is 0.257 e. The van der Waals surface area contributed by atoms with Crippen LogP contribution >= 0.6 is 34.8 Å². The van der Waals surface area contributed by atoms with Crippen molar-refractivity contribution in [2.45, 2.75) is 32.2 Å². The summed E-state index contributed by atoms with van der Waals surface area (Å²) in [7, 11) is 0. The molecule has 0 aliphatic carbocycles. The minimum absolute atomic E-state index is 0.0227. The van der Waals surface area contributed by atoms with Crippen LogP contribution in [0.15, 0.2) is 66.7 Å². The Kier molecular flexibility index (Phi) is 12.8. The number of primary amides is 1. The molecule has 0 bridgehead atoms. The van der Waals surface area contributed by atoms with Gasteiger partial charge in [0, 0.05) is 62.2 Å². The lowest BCUT2D eigenvalue weighted by Crippen LogP contribution is -2.46. The molecule has 3 heterocycles. The van der Waals surface area contributed by atoms with Crippen molar-refractivity contribution in [3.8, 4) is 28.6 Å². The molecule has 0 saturated carbocycles. The lowest BCUT2D eigenvalue weighted by atomic mass is 9.96. The van der Waals surface area contributed by atoms with E-state index in [1.165, 1.54) is 5.56 Å². The van der Waals surface area contributed by atoms with E-state index in [0.29, 0.717) is 41.8 Å². The number of nitrogens with two attached hydrogens (primary N) is 1. The van der Waals surface area contributed by atoms with Crippen LogP contribution in [-0.2, 0) is 17.8 Å². The van der Waals surface area contributed by atoms with Gasteiger partial charge in [-0.3, -0.25) is 9.69 Å². The molecule has 4 aromatic rings. The molecule has 270 valence electrons. The van der Waals surface area contributed by atoms with Crippen molar-refractivity contribution in [3.63, 3.8) is 0 Å². The van der Waals surface area contributed by atoms with Crippen molar-refractivity contribution in [3.05, 3.63) is 92.9 Å². The normalized spacial score (nSPS) is 15.9. The number of piperazine rings is 1. The molecule has 1 amide bonds. The van der Waals surface area contributed by atoms with Crippen molar-refractivity contribution in [2.24, 2.45) is 11.7 Å². The van der Waals surface area contributed by atoms with Gasteiger partial charge in [0.05, 0.1) is 29.0 Å². The molecule has 1 aromatic heterocycles. The first kappa shape index (κ1) is 37.0. The van der Waals surface area contributed by atoms with Crippen molar-refractivity contribution in [1.29, 1.82) is 0 Å². The number of hydrogen-bond donors (Lipinski definition) is 2. The Morgan fingerprint density at radius 3 is 2.14 bits per heavy atom. The highest BCUT2D eigenvalue weighted by Crippen LogP contribution is 2.38. The number of piperidine rings is 1. The van der Waals surface area contributed by atoms with E-state index >= 15 is 0 Å². The van der Waals surface area contributed by atoms with Crippen LogP contribution in [0.1, 0.15) is 30.4 Å². The Morgan fingerprint density at radius 2 is 1.47 bits per heavy atom. The Bertz CT molecular complexity index is 1740. The fourth-order valence-electron chi connectivity index (χ4n) is 6.49. The number of ether oxygens (including phenoxy) is 2. The highest BCUT2D eigenvalue weighted by molar-refractivity contribution is 6.37. The zero-order valence-corrected chi connectivity index (χ0v) is 30.7. The van der Waals surface area contributed by atoms with Crippen molar-refractivity contribution >= 4 is 46.4 Å².